The lowest BCUT2D eigenvalue weighted by Crippen LogP contribution is -2.39. The number of Topliss-reactive ketones (excluding diaryl/α,β-unsaturated/α-hetero) is 1. The Balaban J connectivity index is 1.80. The molecule has 0 fully saturated rings. The first-order valence-electron chi connectivity index (χ1n) is 10.6. The van der Waals surface area contributed by atoms with Crippen molar-refractivity contribution < 1.29 is 22.8 Å². The molecule has 1 aromatic carbocycles. The Morgan fingerprint density at radius 3 is 2.48 bits per heavy atom. The standard InChI is InChI=1S/C25H25F3N2O2S/c1-13-9-10-33-22(13)21-19(14(2)29-17-11-24(3,4)12-18(31)20(17)21)23(32)30-16-8-6-5-7-15(16)25(26,27)28/h5-10,21,29H,11-12H2,1-4H3,(H,30,32)/t21-/m0/s1. The molecule has 0 saturated carbocycles. The van der Waals surface area contributed by atoms with E-state index in [1.165, 1.54) is 29.5 Å². The molecule has 2 aromatic rings. The van der Waals surface area contributed by atoms with Crippen molar-refractivity contribution in [3.63, 3.8) is 0 Å². The number of halogens is 3. The van der Waals surface area contributed by atoms with Gasteiger partial charge in [-0.3, -0.25) is 9.59 Å². The van der Waals surface area contributed by atoms with E-state index >= 15 is 0 Å². The van der Waals surface area contributed by atoms with Gasteiger partial charge in [0.2, 0.25) is 0 Å². The van der Waals surface area contributed by atoms with E-state index < -0.39 is 23.6 Å². The average Bonchev–Trinajstić information content (AvgIpc) is 3.10. The number of thiophene rings is 1. The number of para-hydroxylation sites is 1. The van der Waals surface area contributed by atoms with Crippen molar-refractivity contribution in [1.82, 2.24) is 5.32 Å². The van der Waals surface area contributed by atoms with Crippen molar-refractivity contribution in [1.29, 1.82) is 0 Å². The van der Waals surface area contributed by atoms with E-state index in [1.807, 2.05) is 32.2 Å². The van der Waals surface area contributed by atoms with Crippen LogP contribution in [-0.4, -0.2) is 11.7 Å². The molecule has 1 aromatic heterocycles. The lowest BCUT2D eigenvalue weighted by molar-refractivity contribution is -0.137. The van der Waals surface area contributed by atoms with Crippen LogP contribution in [-0.2, 0) is 15.8 Å². The predicted octanol–water partition coefficient (Wildman–Crippen LogP) is 6.32. The molecule has 2 aliphatic rings. The van der Waals surface area contributed by atoms with Crippen molar-refractivity contribution in [2.45, 2.75) is 52.6 Å². The molecule has 4 rings (SSSR count). The quantitative estimate of drug-likeness (QED) is 0.548. The number of hydrogen-bond acceptors (Lipinski definition) is 4. The maximum absolute atomic E-state index is 13.5. The molecule has 1 aliphatic carbocycles. The second kappa shape index (κ2) is 8.17. The summed E-state index contributed by atoms with van der Waals surface area (Å²) in [7, 11) is 0. The van der Waals surface area contributed by atoms with Crippen LogP contribution in [0.5, 0.6) is 0 Å². The van der Waals surface area contributed by atoms with Crippen LogP contribution in [0.1, 0.15) is 55.5 Å². The Labute approximate surface area is 194 Å². The number of nitrogens with one attached hydrogen (secondary N) is 2. The van der Waals surface area contributed by atoms with Gasteiger partial charge in [0.15, 0.2) is 5.78 Å². The van der Waals surface area contributed by atoms with Crippen LogP contribution >= 0.6 is 11.3 Å². The number of hydrogen-bond donors (Lipinski definition) is 2. The van der Waals surface area contributed by atoms with Crippen molar-refractivity contribution in [3.05, 3.63) is 74.3 Å². The van der Waals surface area contributed by atoms with Gasteiger partial charge in [0.25, 0.3) is 5.91 Å². The number of dihydropyridines is 1. The molecule has 2 N–H and O–H groups in total. The SMILES string of the molecule is CC1=C(C(=O)Nc2ccccc2C(F)(F)F)[C@H](c2sccc2C)C2=C(CC(C)(C)CC2=O)N1. The fraction of sp³-hybridized carbons (Fsp3) is 0.360. The van der Waals surface area contributed by atoms with Crippen LogP contribution in [0.4, 0.5) is 18.9 Å². The average molecular weight is 475 g/mol. The third-order valence-electron chi connectivity index (χ3n) is 6.13. The number of benzene rings is 1. The highest BCUT2D eigenvalue weighted by atomic mass is 32.1. The number of aryl methyl sites for hydroxylation is 1. The molecule has 0 bridgehead atoms. The van der Waals surface area contributed by atoms with E-state index in [0.717, 1.165) is 22.2 Å². The molecule has 0 spiro atoms. The van der Waals surface area contributed by atoms with E-state index in [1.54, 1.807) is 6.92 Å². The van der Waals surface area contributed by atoms with E-state index in [-0.39, 0.29) is 22.5 Å². The third-order valence-corrected chi connectivity index (χ3v) is 7.21. The smallest absolute Gasteiger partial charge is 0.362 e. The molecular formula is C25H25F3N2O2S. The number of carbonyl (C=O) groups is 2. The van der Waals surface area contributed by atoms with Gasteiger partial charge in [-0.25, -0.2) is 0 Å². The summed E-state index contributed by atoms with van der Waals surface area (Å²) in [5.74, 6) is -1.32. The molecule has 174 valence electrons. The number of ketones is 1. The largest absolute Gasteiger partial charge is 0.418 e. The van der Waals surface area contributed by atoms with Crippen LogP contribution in [0.25, 0.3) is 0 Å². The second-order valence-electron chi connectivity index (χ2n) is 9.40. The first kappa shape index (κ1) is 23.3. The number of rotatable bonds is 3. The minimum atomic E-state index is -4.61. The molecule has 33 heavy (non-hydrogen) atoms. The highest BCUT2D eigenvalue weighted by molar-refractivity contribution is 7.10. The Kier molecular flexibility index (Phi) is 5.76. The highest BCUT2D eigenvalue weighted by Gasteiger charge is 2.44. The zero-order valence-electron chi connectivity index (χ0n) is 18.8. The molecule has 8 heteroatoms. The van der Waals surface area contributed by atoms with Crippen LogP contribution in [0.2, 0.25) is 0 Å². The van der Waals surface area contributed by atoms with Crippen LogP contribution in [0.15, 0.2) is 58.3 Å². The maximum Gasteiger partial charge on any atom is 0.418 e. The number of allylic oxidation sites excluding steroid dienone is 3. The van der Waals surface area contributed by atoms with Crippen LogP contribution in [0, 0.1) is 12.3 Å². The Bertz CT molecular complexity index is 1200. The minimum absolute atomic E-state index is 0.0416. The normalized spacial score (nSPS) is 20.5. The zero-order valence-corrected chi connectivity index (χ0v) is 19.6. The van der Waals surface area contributed by atoms with Gasteiger partial charge in [-0.2, -0.15) is 13.2 Å². The van der Waals surface area contributed by atoms with Gasteiger partial charge in [-0.1, -0.05) is 26.0 Å². The van der Waals surface area contributed by atoms with Crippen LogP contribution in [0.3, 0.4) is 0 Å². The molecule has 1 atom stereocenters. The zero-order chi connectivity index (χ0) is 24.1. The lowest BCUT2D eigenvalue weighted by Gasteiger charge is -2.39. The number of alkyl halides is 3. The first-order valence-corrected chi connectivity index (χ1v) is 11.5. The molecular weight excluding hydrogens is 449 g/mol. The second-order valence-corrected chi connectivity index (χ2v) is 10.3. The summed E-state index contributed by atoms with van der Waals surface area (Å²) in [5.41, 5.74) is 1.63. The highest BCUT2D eigenvalue weighted by Crippen LogP contribution is 2.48. The first-order chi connectivity index (χ1) is 15.4. The molecule has 2 heterocycles. The molecule has 0 unspecified atom stereocenters. The topological polar surface area (TPSA) is 58.2 Å². The summed E-state index contributed by atoms with van der Waals surface area (Å²) in [6, 6.07) is 6.81. The summed E-state index contributed by atoms with van der Waals surface area (Å²) in [6.45, 7) is 7.69. The van der Waals surface area contributed by atoms with Gasteiger partial charge in [-0.05, 0) is 54.8 Å². The minimum Gasteiger partial charge on any atom is -0.362 e. The summed E-state index contributed by atoms with van der Waals surface area (Å²) in [5, 5.41) is 7.60. The molecule has 4 nitrogen and oxygen atoms in total. The van der Waals surface area contributed by atoms with Gasteiger partial charge in [0.05, 0.1) is 17.2 Å². The molecule has 1 aliphatic heterocycles. The van der Waals surface area contributed by atoms with Crippen molar-refractivity contribution >= 4 is 28.7 Å². The Morgan fingerprint density at radius 1 is 1.15 bits per heavy atom. The summed E-state index contributed by atoms with van der Waals surface area (Å²) in [4.78, 5) is 27.6. The third kappa shape index (κ3) is 4.36. The molecule has 1 amide bonds. The fourth-order valence-corrected chi connectivity index (χ4v) is 5.75. The van der Waals surface area contributed by atoms with E-state index in [2.05, 4.69) is 10.6 Å². The van der Waals surface area contributed by atoms with Gasteiger partial charge < -0.3 is 10.6 Å². The van der Waals surface area contributed by atoms with Gasteiger partial charge >= 0.3 is 6.18 Å². The Morgan fingerprint density at radius 2 is 1.85 bits per heavy atom. The van der Waals surface area contributed by atoms with Crippen molar-refractivity contribution in [2.24, 2.45) is 5.41 Å². The predicted molar refractivity (Wildman–Crippen MR) is 123 cm³/mol. The van der Waals surface area contributed by atoms with Gasteiger partial charge in [0, 0.05) is 33.8 Å². The molecule has 0 radical (unpaired) electrons. The van der Waals surface area contributed by atoms with E-state index in [4.69, 9.17) is 0 Å². The summed E-state index contributed by atoms with van der Waals surface area (Å²) >= 11 is 1.44. The fourth-order valence-electron chi connectivity index (χ4n) is 4.71. The summed E-state index contributed by atoms with van der Waals surface area (Å²) in [6.07, 6.45) is -3.61. The number of amides is 1. The van der Waals surface area contributed by atoms with E-state index in [9.17, 15) is 22.8 Å². The van der Waals surface area contributed by atoms with Gasteiger partial charge in [-0.15, -0.1) is 11.3 Å². The molecule has 0 saturated heterocycles. The Hall–Kier alpha value is -2.87. The number of anilines is 1. The monoisotopic (exact) mass is 474 g/mol. The van der Waals surface area contributed by atoms with Gasteiger partial charge in [0.1, 0.15) is 0 Å². The summed E-state index contributed by atoms with van der Waals surface area (Å²) < 4.78 is 40.5. The lowest BCUT2D eigenvalue weighted by atomic mass is 9.69. The van der Waals surface area contributed by atoms with Crippen molar-refractivity contribution in [2.75, 3.05) is 5.32 Å². The maximum atomic E-state index is 13.5. The van der Waals surface area contributed by atoms with E-state index in [0.29, 0.717) is 24.1 Å². The number of carbonyl (C=O) groups excluding carboxylic acids is 2. The van der Waals surface area contributed by atoms with Crippen molar-refractivity contribution in [3.8, 4) is 0 Å². The van der Waals surface area contributed by atoms with Crippen LogP contribution < -0.4 is 10.6 Å².